The first-order chi connectivity index (χ1) is 12.3. The molecule has 138 valence electrons. The van der Waals surface area contributed by atoms with E-state index < -0.39 is 11.8 Å². The summed E-state index contributed by atoms with van der Waals surface area (Å²) in [4.78, 5) is 22.0. The molecule has 0 saturated carbocycles. The van der Waals surface area contributed by atoms with Gasteiger partial charge in [0.25, 0.3) is 0 Å². The Bertz CT molecular complexity index is 862. The highest BCUT2D eigenvalue weighted by Crippen LogP contribution is 2.36. The first-order valence-corrected chi connectivity index (χ1v) is 8.11. The van der Waals surface area contributed by atoms with Gasteiger partial charge in [-0.3, -0.25) is 0 Å². The fourth-order valence-corrected chi connectivity index (χ4v) is 2.74. The molecular weight excluding hydrogens is 384 g/mol. The molecule has 0 unspecified atom stereocenters. The molecule has 0 N–H and O–H groups in total. The van der Waals surface area contributed by atoms with Gasteiger partial charge in [0.2, 0.25) is 0 Å². The Morgan fingerprint density at radius 2 is 2.04 bits per heavy atom. The zero-order valence-corrected chi connectivity index (χ0v) is 15.9. The molecule has 0 amide bonds. The number of hydrogen-bond donors (Lipinski definition) is 0. The van der Waals surface area contributed by atoms with Gasteiger partial charge in [-0.2, -0.15) is 0 Å². The quantitative estimate of drug-likeness (QED) is 0.540. The summed E-state index contributed by atoms with van der Waals surface area (Å²) in [6.45, 7) is 4.04. The summed E-state index contributed by atoms with van der Waals surface area (Å²) in [5.41, 5.74) is -0.181. The Balaban J connectivity index is 2.75. The fraction of sp³-hybridized carbons (Fsp3) is 0.235. The van der Waals surface area contributed by atoms with Crippen molar-refractivity contribution >= 4 is 35.0 Å². The minimum Gasteiger partial charge on any atom is -0.492 e. The van der Waals surface area contributed by atoms with E-state index in [2.05, 4.69) is 16.5 Å². The third-order valence-corrected chi connectivity index (χ3v) is 4.12. The van der Waals surface area contributed by atoms with E-state index >= 15 is 0 Å². The van der Waals surface area contributed by atoms with Crippen molar-refractivity contribution in [2.24, 2.45) is 0 Å². The van der Waals surface area contributed by atoms with Gasteiger partial charge < -0.3 is 14.4 Å². The number of carbonyl (C=O) groups excluding carboxylic acids is 1. The number of carbonyl (C=O) groups is 1. The number of ether oxygens (including phenoxy) is 2. The molecule has 0 aliphatic heterocycles. The van der Waals surface area contributed by atoms with Crippen molar-refractivity contribution in [3.05, 3.63) is 46.3 Å². The highest BCUT2D eigenvalue weighted by Gasteiger charge is 2.24. The first-order valence-electron chi connectivity index (χ1n) is 7.35. The average Bonchev–Trinajstić information content (AvgIpc) is 2.62. The number of likely N-dealkylation sites (N-methyl/N-ethyl adjacent to an activating group) is 1. The largest absolute Gasteiger partial charge is 0.492 e. The smallest absolute Gasteiger partial charge is 0.358 e. The number of benzene rings is 1. The van der Waals surface area contributed by atoms with Crippen LogP contribution in [0.1, 0.15) is 10.5 Å². The number of hydrogen-bond acceptors (Lipinski definition) is 6. The SMILES string of the molecule is C=CCN(C)c1nc(-c2ccc(Cl)c(OC)c2F)nc(C(=O)OC)c1Cl. The number of esters is 1. The zero-order chi connectivity index (χ0) is 19.4. The molecule has 0 aliphatic carbocycles. The van der Waals surface area contributed by atoms with Gasteiger partial charge in [-0.25, -0.2) is 19.2 Å². The second kappa shape index (κ2) is 8.33. The van der Waals surface area contributed by atoms with Crippen LogP contribution in [0.2, 0.25) is 10.0 Å². The Hall–Kier alpha value is -2.38. The third kappa shape index (κ3) is 3.73. The van der Waals surface area contributed by atoms with E-state index in [0.717, 1.165) is 0 Å². The predicted octanol–water partition coefficient (Wildman–Crippen LogP) is 4.01. The summed E-state index contributed by atoms with van der Waals surface area (Å²) in [5, 5.41) is 0.0891. The molecule has 0 radical (unpaired) electrons. The number of rotatable bonds is 6. The van der Waals surface area contributed by atoms with Crippen molar-refractivity contribution < 1.29 is 18.7 Å². The molecule has 0 bridgehead atoms. The second-order valence-corrected chi connectivity index (χ2v) is 5.92. The molecule has 1 aromatic carbocycles. The summed E-state index contributed by atoms with van der Waals surface area (Å²) < 4.78 is 24.4. The maximum absolute atomic E-state index is 14.7. The Kier molecular flexibility index (Phi) is 6.39. The molecule has 2 aromatic rings. The van der Waals surface area contributed by atoms with Crippen LogP contribution < -0.4 is 9.64 Å². The Morgan fingerprint density at radius 3 is 2.62 bits per heavy atom. The van der Waals surface area contributed by atoms with Crippen LogP contribution in [-0.2, 0) is 4.74 Å². The molecule has 9 heteroatoms. The van der Waals surface area contributed by atoms with Gasteiger partial charge in [0.05, 0.1) is 24.8 Å². The average molecular weight is 400 g/mol. The van der Waals surface area contributed by atoms with Crippen LogP contribution in [-0.4, -0.2) is 43.7 Å². The maximum Gasteiger partial charge on any atom is 0.358 e. The number of aromatic nitrogens is 2. The standard InChI is InChI=1S/C17H16Cl2FN3O3/c1-5-8-23(2)16-11(19)13(17(24)26-4)21-15(22-16)9-6-7-10(18)14(25-3)12(9)20/h5-7H,1,8H2,2-4H3. The van der Waals surface area contributed by atoms with Gasteiger partial charge in [-0.05, 0) is 12.1 Å². The van der Waals surface area contributed by atoms with E-state index in [0.29, 0.717) is 6.54 Å². The van der Waals surface area contributed by atoms with Crippen LogP contribution >= 0.6 is 23.2 Å². The molecule has 0 fully saturated rings. The van der Waals surface area contributed by atoms with E-state index in [9.17, 15) is 9.18 Å². The van der Waals surface area contributed by atoms with E-state index in [1.54, 1.807) is 18.0 Å². The van der Waals surface area contributed by atoms with Crippen molar-refractivity contribution in [1.82, 2.24) is 9.97 Å². The van der Waals surface area contributed by atoms with Crippen LogP contribution in [0.5, 0.6) is 5.75 Å². The lowest BCUT2D eigenvalue weighted by atomic mass is 10.1. The molecule has 0 saturated heterocycles. The minimum atomic E-state index is -0.770. The van der Waals surface area contributed by atoms with Gasteiger partial charge in [-0.15, -0.1) is 6.58 Å². The number of nitrogens with zero attached hydrogens (tertiary/aromatic N) is 3. The summed E-state index contributed by atoms with van der Waals surface area (Å²) in [6, 6.07) is 2.84. The summed E-state index contributed by atoms with van der Waals surface area (Å²) in [6.07, 6.45) is 1.63. The molecule has 1 heterocycles. The molecule has 6 nitrogen and oxygen atoms in total. The van der Waals surface area contributed by atoms with Gasteiger partial charge in [0.15, 0.2) is 28.9 Å². The molecule has 0 aliphatic rings. The number of methoxy groups -OCH3 is 2. The summed E-state index contributed by atoms with van der Waals surface area (Å²) >= 11 is 12.2. The molecule has 26 heavy (non-hydrogen) atoms. The van der Waals surface area contributed by atoms with Gasteiger partial charge >= 0.3 is 5.97 Å². The lowest BCUT2D eigenvalue weighted by Crippen LogP contribution is -2.21. The predicted molar refractivity (Wildman–Crippen MR) is 98.8 cm³/mol. The van der Waals surface area contributed by atoms with E-state index in [1.807, 2.05) is 0 Å². The lowest BCUT2D eigenvalue weighted by molar-refractivity contribution is 0.0594. The molecule has 2 rings (SSSR count). The number of halogens is 3. The normalized spacial score (nSPS) is 10.4. The number of anilines is 1. The Morgan fingerprint density at radius 1 is 1.35 bits per heavy atom. The van der Waals surface area contributed by atoms with Gasteiger partial charge in [0.1, 0.15) is 5.02 Å². The van der Waals surface area contributed by atoms with Crippen LogP contribution in [0, 0.1) is 5.82 Å². The van der Waals surface area contributed by atoms with E-state index in [4.69, 9.17) is 32.7 Å². The lowest BCUT2D eigenvalue weighted by Gasteiger charge is -2.19. The summed E-state index contributed by atoms with van der Waals surface area (Å²) in [5.74, 6) is -1.51. The highest BCUT2D eigenvalue weighted by molar-refractivity contribution is 6.35. The molecular formula is C17H16Cl2FN3O3. The van der Waals surface area contributed by atoms with Crippen molar-refractivity contribution in [2.45, 2.75) is 0 Å². The van der Waals surface area contributed by atoms with Crippen LogP contribution in [0.3, 0.4) is 0 Å². The molecule has 0 spiro atoms. The first kappa shape index (κ1) is 19.9. The van der Waals surface area contributed by atoms with Crippen molar-refractivity contribution in [2.75, 3.05) is 32.7 Å². The maximum atomic E-state index is 14.7. The third-order valence-electron chi connectivity index (χ3n) is 3.47. The second-order valence-electron chi connectivity index (χ2n) is 5.14. The fourth-order valence-electron chi connectivity index (χ4n) is 2.21. The van der Waals surface area contributed by atoms with Crippen molar-refractivity contribution in [3.63, 3.8) is 0 Å². The van der Waals surface area contributed by atoms with Crippen molar-refractivity contribution in [3.8, 4) is 17.1 Å². The topological polar surface area (TPSA) is 64.5 Å². The van der Waals surface area contributed by atoms with Crippen LogP contribution in [0.25, 0.3) is 11.4 Å². The zero-order valence-electron chi connectivity index (χ0n) is 14.3. The molecule has 0 atom stereocenters. The van der Waals surface area contributed by atoms with E-state index in [-0.39, 0.29) is 38.7 Å². The summed E-state index contributed by atoms with van der Waals surface area (Å²) in [7, 11) is 4.18. The van der Waals surface area contributed by atoms with Crippen LogP contribution in [0.15, 0.2) is 24.8 Å². The van der Waals surface area contributed by atoms with E-state index in [1.165, 1.54) is 26.4 Å². The van der Waals surface area contributed by atoms with Crippen LogP contribution in [0.4, 0.5) is 10.2 Å². The van der Waals surface area contributed by atoms with Gasteiger partial charge in [-0.1, -0.05) is 29.3 Å². The highest BCUT2D eigenvalue weighted by atomic mass is 35.5. The van der Waals surface area contributed by atoms with Crippen molar-refractivity contribution in [1.29, 1.82) is 0 Å². The minimum absolute atomic E-state index is 0.00122. The Labute approximate surface area is 160 Å². The monoisotopic (exact) mass is 399 g/mol. The molecule has 1 aromatic heterocycles. The van der Waals surface area contributed by atoms with Gasteiger partial charge in [0, 0.05) is 13.6 Å².